The zero-order valence-electron chi connectivity index (χ0n) is 21.9. The third-order valence-electron chi connectivity index (χ3n) is 7.95. The van der Waals surface area contributed by atoms with Crippen molar-refractivity contribution < 1.29 is 0 Å². The van der Waals surface area contributed by atoms with Crippen molar-refractivity contribution in [2.24, 2.45) is 0 Å². The van der Waals surface area contributed by atoms with Crippen LogP contribution in [0.1, 0.15) is 0 Å². The fraction of sp³-hybridized carbons (Fsp3) is 0. The molecule has 0 unspecified atom stereocenters. The zero-order chi connectivity index (χ0) is 26.5. The van der Waals surface area contributed by atoms with Crippen LogP contribution in [0.4, 0.5) is 11.4 Å². The van der Waals surface area contributed by atoms with Gasteiger partial charge in [-0.15, -0.1) is 0 Å². The summed E-state index contributed by atoms with van der Waals surface area (Å²) in [6.45, 7) is 0. The van der Waals surface area contributed by atoms with Crippen molar-refractivity contribution in [2.45, 2.75) is 0 Å². The molecule has 2 heteroatoms. The number of nitrogens with one attached hydrogen (secondary N) is 1. The van der Waals surface area contributed by atoms with E-state index in [0.29, 0.717) is 0 Å². The van der Waals surface area contributed by atoms with Gasteiger partial charge in [0.1, 0.15) is 0 Å². The minimum absolute atomic E-state index is 1.08. The molecule has 1 aromatic heterocycles. The van der Waals surface area contributed by atoms with Crippen molar-refractivity contribution in [3.63, 3.8) is 0 Å². The number of hydrogen-bond donors (Lipinski definition) is 1. The predicted octanol–water partition coefficient (Wildman–Crippen LogP) is 10.5. The monoisotopic (exact) mass is 510 g/mol. The number of hydrogen-bond acceptors (Lipinski definition) is 1. The molecule has 0 bridgehead atoms. The van der Waals surface area contributed by atoms with Gasteiger partial charge in [-0.1, -0.05) is 103 Å². The Morgan fingerprint density at radius 2 is 1.15 bits per heavy atom. The smallest absolute Gasteiger partial charge is 0.0542 e. The van der Waals surface area contributed by atoms with Crippen molar-refractivity contribution in [2.75, 3.05) is 5.32 Å². The third-order valence-corrected chi connectivity index (χ3v) is 7.95. The van der Waals surface area contributed by atoms with Crippen molar-refractivity contribution in [1.82, 2.24) is 4.57 Å². The fourth-order valence-corrected chi connectivity index (χ4v) is 6.09. The maximum atomic E-state index is 3.75. The van der Waals surface area contributed by atoms with E-state index >= 15 is 0 Å². The van der Waals surface area contributed by atoms with Gasteiger partial charge >= 0.3 is 0 Å². The van der Waals surface area contributed by atoms with Crippen LogP contribution < -0.4 is 5.32 Å². The van der Waals surface area contributed by atoms with Crippen LogP contribution in [0.15, 0.2) is 152 Å². The first-order valence-electron chi connectivity index (χ1n) is 13.7. The molecule has 8 aromatic rings. The lowest BCUT2D eigenvalue weighted by Gasteiger charge is -2.14. The molecule has 0 fully saturated rings. The van der Waals surface area contributed by atoms with Crippen LogP contribution in [-0.4, -0.2) is 4.57 Å². The van der Waals surface area contributed by atoms with Crippen LogP contribution in [0.2, 0.25) is 0 Å². The molecule has 1 heterocycles. The summed E-state index contributed by atoms with van der Waals surface area (Å²) in [5.74, 6) is 0. The van der Waals surface area contributed by atoms with E-state index in [9.17, 15) is 0 Å². The van der Waals surface area contributed by atoms with E-state index in [1.807, 2.05) is 0 Å². The summed E-state index contributed by atoms with van der Waals surface area (Å²) in [5, 5.41) is 11.2. The number of anilines is 2. The zero-order valence-corrected chi connectivity index (χ0v) is 21.9. The Hall–Kier alpha value is -5.34. The van der Waals surface area contributed by atoms with Gasteiger partial charge in [0.15, 0.2) is 0 Å². The third kappa shape index (κ3) is 3.65. The Balaban J connectivity index is 1.24. The molecular formula is C38H26N2. The van der Waals surface area contributed by atoms with E-state index < -0.39 is 0 Å². The molecule has 0 amide bonds. The molecule has 0 aliphatic carbocycles. The molecule has 0 radical (unpaired) electrons. The number of fused-ring (bicyclic) bond motifs is 5. The van der Waals surface area contributed by atoms with Crippen LogP contribution >= 0.6 is 0 Å². The Morgan fingerprint density at radius 1 is 0.425 bits per heavy atom. The summed E-state index contributed by atoms with van der Waals surface area (Å²) in [5.41, 5.74) is 8.24. The maximum Gasteiger partial charge on any atom is 0.0542 e. The predicted molar refractivity (Wildman–Crippen MR) is 171 cm³/mol. The second-order valence-electron chi connectivity index (χ2n) is 10.3. The van der Waals surface area contributed by atoms with Gasteiger partial charge < -0.3 is 9.88 Å². The molecule has 0 saturated carbocycles. The molecular weight excluding hydrogens is 484 g/mol. The molecule has 0 saturated heterocycles. The lowest BCUT2D eigenvalue weighted by molar-refractivity contribution is 1.18. The maximum absolute atomic E-state index is 3.75. The van der Waals surface area contributed by atoms with Crippen LogP contribution in [0.5, 0.6) is 0 Å². The Morgan fingerprint density at radius 3 is 2.08 bits per heavy atom. The molecule has 7 aromatic carbocycles. The van der Waals surface area contributed by atoms with E-state index in [0.717, 1.165) is 11.4 Å². The van der Waals surface area contributed by atoms with E-state index in [1.54, 1.807) is 0 Å². The lowest BCUT2D eigenvalue weighted by atomic mass is 9.95. The molecule has 0 atom stereocenters. The molecule has 188 valence electrons. The molecule has 0 aliphatic heterocycles. The number of benzene rings is 7. The molecule has 40 heavy (non-hydrogen) atoms. The SMILES string of the molecule is c1ccc(-n2c3ccccc3c3cc(Nc4cccc5c(-c6ccc7ccccc7c6)cccc45)ccc32)cc1. The first-order chi connectivity index (χ1) is 19.8. The fourth-order valence-electron chi connectivity index (χ4n) is 6.09. The van der Waals surface area contributed by atoms with Gasteiger partial charge in [0, 0.05) is 33.2 Å². The highest BCUT2D eigenvalue weighted by atomic mass is 15.0. The molecule has 2 nitrogen and oxygen atoms in total. The van der Waals surface area contributed by atoms with Gasteiger partial charge in [-0.3, -0.25) is 0 Å². The number of aromatic nitrogens is 1. The van der Waals surface area contributed by atoms with Crippen molar-refractivity contribution in [1.29, 1.82) is 0 Å². The highest BCUT2D eigenvalue weighted by molar-refractivity contribution is 6.11. The minimum atomic E-state index is 1.08. The topological polar surface area (TPSA) is 17.0 Å². The van der Waals surface area contributed by atoms with Crippen LogP contribution in [0.3, 0.4) is 0 Å². The number of nitrogens with zero attached hydrogens (tertiary/aromatic N) is 1. The lowest BCUT2D eigenvalue weighted by Crippen LogP contribution is -1.94. The second-order valence-corrected chi connectivity index (χ2v) is 10.3. The van der Waals surface area contributed by atoms with E-state index in [2.05, 4.69) is 162 Å². The van der Waals surface area contributed by atoms with Gasteiger partial charge in [-0.25, -0.2) is 0 Å². The summed E-state index contributed by atoms with van der Waals surface area (Å²) in [7, 11) is 0. The summed E-state index contributed by atoms with van der Waals surface area (Å²) in [4.78, 5) is 0. The standard InChI is InChI=1S/C38H26N2/c1-2-12-30(13-3-1)40-37-19-7-6-14-34(37)35-25-29(22-23-38(35)40)39-36-18-9-16-32-31(15-8-17-33(32)36)28-21-20-26-10-4-5-11-27(26)24-28/h1-25,39H. The summed E-state index contributed by atoms with van der Waals surface area (Å²) in [6, 6.07) is 54.4. The molecule has 8 rings (SSSR count). The van der Waals surface area contributed by atoms with Gasteiger partial charge in [0.25, 0.3) is 0 Å². The summed E-state index contributed by atoms with van der Waals surface area (Å²) < 4.78 is 2.35. The first kappa shape index (κ1) is 22.6. The van der Waals surface area contributed by atoms with Crippen molar-refractivity contribution >= 4 is 54.7 Å². The normalized spacial score (nSPS) is 11.5. The van der Waals surface area contributed by atoms with Crippen LogP contribution in [0, 0.1) is 0 Å². The Bertz CT molecular complexity index is 2190. The Labute approximate surface area is 232 Å². The minimum Gasteiger partial charge on any atom is -0.355 e. The van der Waals surface area contributed by atoms with Crippen LogP contribution in [0.25, 0.3) is 60.2 Å². The van der Waals surface area contributed by atoms with Gasteiger partial charge in [0.05, 0.1) is 11.0 Å². The Kier molecular flexibility index (Phi) is 5.17. The summed E-state index contributed by atoms with van der Waals surface area (Å²) >= 11 is 0. The van der Waals surface area contributed by atoms with Gasteiger partial charge in [-0.05, 0) is 75.8 Å². The van der Waals surface area contributed by atoms with E-state index in [1.165, 1.54) is 60.2 Å². The van der Waals surface area contributed by atoms with Crippen molar-refractivity contribution in [3.05, 3.63) is 152 Å². The molecule has 0 aliphatic rings. The largest absolute Gasteiger partial charge is 0.355 e. The highest BCUT2D eigenvalue weighted by Gasteiger charge is 2.13. The van der Waals surface area contributed by atoms with E-state index in [4.69, 9.17) is 0 Å². The van der Waals surface area contributed by atoms with Gasteiger partial charge in [-0.2, -0.15) is 0 Å². The quantitative estimate of drug-likeness (QED) is 0.249. The average molecular weight is 511 g/mol. The molecule has 0 spiro atoms. The summed E-state index contributed by atoms with van der Waals surface area (Å²) in [6.07, 6.45) is 0. The highest BCUT2D eigenvalue weighted by Crippen LogP contribution is 2.37. The van der Waals surface area contributed by atoms with Crippen LogP contribution in [-0.2, 0) is 0 Å². The second kappa shape index (κ2) is 9.14. The first-order valence-corrected chi connectivity index (χ1v) is 13.7. The number of para-hydroxylation sites is 2. The van der Waals surface area contributed by atoms with Gasteiger partial charge in [0.2, 0.25) is 0 Å². The van der Waals surface area contributed by atoms with Crippen molar-refractivity contribution in [3.8, 4) is 16.8 Å². The van der Waals surface area contributed by atoms with E-state index in [-0.39, 0.29) is 0 Å². The average Bonchev–Trinajstić information content (AvgIpc) is 3.35. The number of rotatable bonds is 4. The molecule has 1 N–H and O–H groups in total.